The van der Waals surface area contributed by atoms with E-state index in [4.69, 9.17) is 11.6 Å². The van der Waals surface area contributed by atoms with Crippen LogP contribution in [0.15, 0.2) is 89.0 Å². The second-order valence-corrected chi connectivity index (χ2v) is 9.09. The molecule has 0 bridgehead atoms. The van der Waals surface area contributed by atoms with E-state index < -0.39 is 9.84 Å². The van der Waals surface area contributed by atoms with Crippen molar-refractivity contribution in [2.45, 2.75) is 22.9 Å². The number of fused-ring (bicyclic) bond motifs is 1. The Morgan fingerprint density at radius 1 is 1.03 bits per heavy atom. The van der Waals surface area contributed by atoms with E-state index in [9.17, 15) is 13.2 Å². The van der Waals surface area contributed by atoms with Crippen LogP contribution in [0.1, 0.15) is 5.56 Å². The van der Waals surface area contributed by atoms with E-state index >= 15 is 0 Å². The van der Waals surface area contributed by atoms with Gasteiger partial charge in [0.1, 0.15) is 6.54 Å². The first-order valence-corrected chi connectivity index (χ1v) is 11.1. The summed E-state index contributed by atoms with van der Waals surface area (Å²) >= 11 is 5.89. The number of benzene rings is 2. The Morgan fingerprint density at radius 3 is 2.53 bits per heavy atom. The van der Waals surface area contributed by atoms with Gasteiger partial charge in [0.15, 0.2) is 0 Å². The van der Waals surface area contributed by atoms with Crippen molar-refractivity contribution in [3.8, 4) is 0 Å². The molecule has 0 saturated carbocycles. The third-order valence-electron chi connectivity index (χ3n) is 4.69. The Morgan fingerprint density at radius 2 is 1.80 bits per heavy atom. The zero-order valence-corrected chi connectivity index (χ0v) is 17.4. The molecule has 0 aliphatic heterocycles. The zero-order chi connectivity index (χ0) is 21.1. The Hall–Kier alpha value is -3.16. The first-order valence-electron chi connectivity index (χ1n) is 9.19. The first-order chi connectivity index (χ1) is 14.4. The van der Waals surface area contributed by atoms with Crippen LogP contribution in [0.25, 0.3) is 10.9 Å². The molecule has 4 aromatic rings. The summed E-state index contributed by atoms with van der Waals surface area (Å²) in [6.07, 6.45) is 4.86. The number of carbonyl (C=O) groups excluding carboxylic acids is 1. The van der Waals surface area contributed by atoms with Crippen molar-refractivity contribution in [3.63, 3.8) is 0 Å². The summed E-state index contributed by atoms with van der Waals surface area (Å²) in [4.78, 5) is 16.8. The number of hydrogen-bond donors (Lipinski definition) is 1. The fourth-order valence-electron chi connectivity index (χ4n) is 3.21. The standard InChI is InChI=1S/C22H18ClN3O3S/c23-17-7-9-18(10-8-17)30(28,29)21-14-26(20-6-2-1-5-19(20)21)15-22(27)25-13-16-4-3-11-24-12-16/h1-12,14H,13,15H2,(H,25,27). The Labute approximate surface area is 179 Å². The lowest BCUT2D eigenvalue weighted by molar-refractivity contribution is -0.121. The molecule has 0 unspecified atom stereocenters. The number of para-hydroxylation sites is 1. The number of rotatable bonds is 6. The minimum Gasteiger partial charge on any atom is -0.350 e. The van der Waals surface area contributed by atoms with Gasteiger partial charge in [0.2, 0.25) is 15.7 Å². The van der Waals surface area contributed by atoms with Crippen molar-refractivity contribution in [2.75, 3.05) is 0 Å². The van der Waals surface area contributed by atoms with Gasteiger partial charge in [-0.05, 0) is 42.0 Å². The molecule has 0 aliphatic rings. The number of halogens is 1. The number of aromatic nitrogens is 2. The van der Waals surface area contributed by atoms with Crippen LogP contribution in [0.4, 0.5) is 0 Å². The molecule has 0 radical (unpaired) electrons. The first kappa shape index (κ1) is 20.1. The predicted molar refractivity (Wildman–Crippen MR) is 115 cm³/mol. The highest BCUT2D eigenvalue weighted by atomic mass is 35.5. The highest BCUT2D eigenvalue weighted by Crippen LogP contribution is 2.30. The monoisotopic (exact) mass is 439 g/mol. The van der Waals surface area contributed by atoms with Gasteiger partial charge in [-0.25, -0.2) is 8.42 Å². The molecule has 8 heteroatoms. The van der Waals surface area contributed by atoms with E-state index in [-0.39, 0.29) is 22.2 Å². The summed E-state index contributed by atoms with van der Waals surface area (Å²) in [6, 6.07) is 16.8. The Bertz CT molecular complexity index is 1300. The number of carbonyl (C=O) groups is 1. The van der Waals surface area contributed by atoms with Crippen LogP contribution >= 0.6 is 11.6 Å². The van der Waals surface area contributed by atoms with Crippen molar-refractivity contribution >= 4 is 38.2 Å². The van der Waals surface area contributed by atoms with Gasteiger partial charge in [-0.1, -0.05) is 35.9 Å². The molecule has 0 atom stereocenters. The van der Waals surface area contributed by atoms with Crippen LogP contribution in [0.5, 0.6) is 0 Å². The lowest BCUT2D eigenvalue weighted by atomic mass is 10.2. The van der Waals surface area contributed by atoms with Crippen LogP contribution in [0, 0.1) is 0 Å². The van der Waals surface area contributed by atoms with Crippen molar-refractivity contribution in [2.24, 2.45) is 0 Å². The molecule has 30 heavy (non-hydrogen) atoms. The molecule has 1 N–H and O–H groups in total. The number of hydrogen-bond acceptors (Lipinski definition) is 4. The van der Waals surface area contributed by atoms with Gasteiger partial charge in [-0.15, -0.1) is 0 Å². The molecular weight excluding hydrogens is 422 g/mol. The second kappa shape index (κ2) is 8.30. The number of sulfone groups is 1. The van der Waals surface area contributed by atoms with E-state index in [1.807, 2.05) is 12.1 Å². The van der Waals surface area contributed by atoms with Crippen molar-refractivity contribution in [1.29, 1.82) is 0 Å². The number of amides is 1. The SMILES string of the molecule is O=C(Cn1cc(S(=O)(=O)c2ccc(Cl)cc2)c2ccccc21)NCc1cccnc1. The van der Waals surface area contributed by atoms with Gasteiger partial charge in [0.25, 0.3) is 0 Å². The van der Waals surface area contributed by atoms with Crippen molar-refractivity contribution in [3.05, 3.63) is 89.8 Å². The fraction of sp³-hybridized carbons (Fsp3) is 0.0909. The quantitative estimate of drug-likeness (QED) is 0.495. The maximum atomic E-state index is 13.2. The molecule has 2 aromatic heterocycles. The van der Waals surface area contributed by atoms with Crippen LogP contribution in [-0.2, 0) is 27.7 Å². The highest BCUT2D eigenvalue weighted by molar-refractivity contribution is 7.91. The third kappa shape index (κ3) is 4.08. The van der Waals surface area contributed by atoms with Crippen LogP contribution in [0.3, 0.4) is 0 Å². The van der Waals surface area contributed by atoms with Gasteiger partial charge in [0.05, 0.1) is 9.79 Å². The summed E-state index contributed by atoms with van der Waals surface area (Å²) in [5, 5.41) is 3.86. The van der Waals surface area contributed by atoms with Crippen LogP contribution < -0.4 is 5.32 Å². The average Bonchev–Trinajstić information content (AvgIpc) is 3.13. The maximum absolute atomic E-state index is 13.2. The molecule has 0 spiro atoms. The average molecular weight is 440 g/mol. The van der Waals surface area contributed by atoms with Crippen molar-refractivity contribution < 1.29 is 13.2 Å². The zero-order valence-electron chi connectivity index (χ0n) is 15.8. The van der Waals surface area contributed by atoms with Gasteiger partial charge < -0.3 is 9.88 Å². The van der Waals surface area contributed by atoms with E-state index in [1.165, 1.54) is 18.3 Å². The van der Waals surface area contributed by atoms with Crippen LogP contribution in [0.2, 0.25) is 5.02 Å². The highest BCUT2D eigenvalue weighted by Gasteiger charge is 2.23. The Balaban J connectivity index is 1.64. The molecule has 0 aliphatic carbocycles. The summed E-state index contributed by atoms with van der Waals surface area (Å²) in [5.74, 6) is -0.227. The second-order valence-electron chi connectivity index (χ2n) is 6.73. The molecule has 152 valence electrons. The fourth-order valence-corrected chi connectivity index (χ4v) is 4.82. The summed E-state index contributed by atoms with van der Waals surface area (Å²) in [5.41, 5.74) is 1.55. The summed E-state index contributed by atoms with van der Waals surface area (Å²) < 4.78 is 28.1. The summed E-state index contributed by atoms with van der Waals surface area (Å²) in [7, 11) is -3.77. The van der Waals surface area contributed by atoms with E-state index in [1.54, 1.807) is 53.4 Å². The number of nitrogens with one attached hydrogen (secondary N) is 1. The molecule has 1 amide bonds. The van der Waals surface area contributed by atoms with E-state index in [2.05, 4.69) is 10.3 Å². The summed E-state index contributed by atoms with van der Waals surface area (Å²) in [6.45, 7) is 0.346. The number of pyridine rings is 1. The largest absolute Gasteiger partial charge is 0.350 e. The van der Waals surface area contributed by atoms with Gasteiger partial charge >= 0.3 is 0 Å². The topological polar surface area (TPSA) is 81.1 Å². The Kier molecular flexibility index (Phi) is 5.57. The predicted octanol–water partition coefficient (Wildman–Crippen LogP) is 3.84. The normalized spacial score (nSPS) is 11.5. The van der Waals surface area contributed by atoms with Gasteiger partial charge in [0, 0.05) is 41.1 Å². The lowest BCUT2D eigenvalue weighted by Crippen LogP contribution is -2.26. The molecule has 0 fully saturated rings. The molecule has 2 aromatic carbocycles. The molecular formula is C22H18ClN3O3S. The van der Waals surface area contributed by atoms with Gasteiger partial charge in [-0.3, -0.25) is 9.78 Å². The lowest BCUT2D eigenvalue weighted by Gasteiger charge is -2.07. The number of nitrogens with zero attached hydrogens (tertiary/aromatic N) is 2. The van der Waals surface area contributed by atoms with E-state index in [0.29, 0.717) is 22.5 Å². The molecule has 4 rings (SSSR count). The van der Waals surface area contributed by atoms with E-state index in [0.717, 1.165) is 5.56 Å². The maximum Gasteiger partial charge on any atom is 0.240 e. The van der Waals surface area contributed by atoms with Crippen LogP contribution in [-0.4, -0.2) is 23.9 Å². The molecule has 0 saturated heterocycles. The van der Waals surface area contributed by atoms with Crippen molar-refractivity contribution in [1.82, 2.24) is 14.9 Å². The minimum atomic E-state index is -3.77. The minimum absolute atomic E-state index is 0.00306. The third-order valence-corrected chi connectivity index (χ3v) is 6.74. The van der Waals surface area contributed by atoms with Gasteiger partial charge in [-0.2, -0.15) is 0 Å². The smallest absolute Gasteiger partial charge is 0.240 e. The molecule has 6 nitrogen and oxygen atoms in total. The molecule has 2 heterocycles.